The van der Waals surface area contributed by atoms with E-state index in [1.807, 2.05) is 30.3 Å². The fraction of sp³-hybridized carbons (Fsp3) is 0.167. The average Bonchev–Trinajstić information content (AvgIpc) is 2.48. The molecular formula is C18H18O2. The maximum absolute atomic E-state index is 11.7. The molecule has 2 aromatic rings. The van der Waals surface area contributed by atoms with Crippen LogP contribution < -0.4 is 4.74 Å². The lowest BCUT2D eigenvalue weighted by atomic mass is 10.0. The van der Waals surface area contributed by atoms with E-state index in [0.29, 0.717) is 11.3 Å². The van der Waals surface area contributed by atoms with Crippen LogP contribution in [0.4, 0.5) is 0 Å². The van der Waals surface area contributed by atoms with Gasteiger partial charge in [0.05, 0.1) is 0 Å². The van der Waals surface area contributed by atoms with Gasteiger partial charge in [-0.3, -0.25) is 0 Å². The third-order valence-electron chi connectivity index (χ3n) is 3.11. The molecule has 0 radical (unpaired) electrons. The molecule has 20 heavy (non-hydrogen) atoms. The predicted molar refractivity (Wildman–Crippen MR) is 81.7 cm³/mol. The first-order chi connectivity index (χ1) is 9.61. The zero-order chi connectivity index (χ0) is 14.5. The molecule has 2 nitrogen and oxygen atoms in total. The Balaban J connectivity index is 2.35. The summed E-state index contributed by atoms with van der Waals surface area (Å²) in [5, 5.41) is 0. The van der Waals surface area contributed by atoms with Crippen LogP contribution in [0.25, 0.3) is 11.1 Å². The predicted octanol–water partition coefficient (Wildman–Crippen LogP) is 4.40. The molecule has 0 unspecified atom stereocenters. The number of hydrogen-bond donors (Lipinski definition) is 0. The Bertz CT molecular complexity index is 624. The number of benzene rings is 2. The van der Waals surface area contributed by atoms with Gasteiger partial charge in [-0.2, -0.15) is 0 Å². The highest BCUT2D eigenvalue weighted by Gasteiger charge is 2.10. The standard InChI is InChI=1S/C18H18O2/c1-4-14-9-11-15(12-10-14)16-7-5-6-8-17(16)20-18(19)13(2)3/h5-12H,2,4H2,1,3H3. The normalized spacial score (nSPS) is 10.1. The summed E-state index contributed by atoms with van der Waals surface area (Å²) in [7, 11) is 0. The van der Waals surface area contributed by atoms with Gasteiger partial charge < -0.3 is 4.74 Å². The largest absolute Gasteiger partial charge is 0.423 e. The Morgan fingerprint density at radius 1 is 1.10 bits per heavy atom. The molecule has 0 aromatic heterocycles. The molecule has 0 atom stereocenters. The van der Waals surface area contributed by atoms with Crippen molar-refractivity contribution in [3.05, 3.63) is 66.2 Å². The van der Waals surface area contributed by atoms with E-state index in [1.54, 1.807) is 13.0 Å². The second-order valence-electron chi connectivity index (χ2n) is 4.72. The number of aryl methyl sites for hydroxylation is 1. The van der Waals surface area contributed by atoms with Gasteiger partial charge in [-0.15, -0.1) is 0 Å². The first kappa shape index (κ1) is 14.1. The van der Waals surface area contributed by atoms with Crippen molar-refractivity contribution in [2.45, 2.75) is 20.3 Å². The van der Waals surface area contributed by atoms with Gasteiger partial charge in [-0.25, -0.2) is 4.79 Å². The van der Waals surface area contributed by atoms with E-state index >= 15 is 0 Å². The number of rotatable bonds is 4. The van der Waals surface area contributed by atoms with E-state index < -0.39 is 5.97 Å². The van der Waals surface area contributed by atoms with Crippen LogP contribution in [0.5, 0.6) is 5.75 Å². The second-order valence-corrected chi connectivity index (χ2v) is 4.72. The SMILES string of the molecule is C=C(C)C(=O)Oc1ccccc1-c1ccc(CC)cc1. The van der Waals surface area contributed by atoms with Crippen molar-refractivity contribution in [1.29, 1.82) is 0 Å². The highest BCUT2D eigenvalue weighted by Crippen LogP contribution is 2.30. The van der Waals surface area contributed by atoms with Gasteiger partial charge in [0, 0.05) is 11.1 Å². The first-order valence-corrected chi connectivity index (χ1v) is 6.68. The van der Waals surface area contributed by atoms with Crippen molar-refractivity contribution in [3.63, 3.8) is 0 Å². The van der Waals surface area contributed by atoms with Crippen LogP contribution in [0.2, 0.25) is 0 Å². The Morgan fingerprint density at radius 3 is 2.35 bits per heavy atom. The average molecular weight is 266 g/mol. The maximum atomic E-state index is 11.7. The number of ether oxygens (including phenoxy) is 1. The fourth-order valence-electron chi connectivity index (χ4n) is 1.90. The minimum Gasteiger partial charge on any atom is -0.423 e. The summed E-state index contributed by atoms with van der Waals surface area (Å²) >= 11 is 0. The molecule has 0 N–H and O–H groups in total. The summed E-state index contributed by atoms with van der Waals surface area (Å²) in [5.41, 5.74) is 3.61. The molecule has 0 spiro atoms. The topological polar surface area (TPSA) is 26.3 Å². The van der Waals surface area contributed by atoms with Crippen molar-refractivity contribution in [3.8, 4) is 16.9 Å². The van der Waals surface area contributed by atoms with Gasteiger partial charge in [-0.1, -0.05) is 56.0 Å². The van der Waals surface area contributed by atoms with Gasteiger partial charge in [0.25, 0.3) is 0 Å². The molecule has 0 amide bonds. The third kappa shape index (κ3) is 3.15. The van der Waals surface area contributed by atoms with E-state index in [9.17, 15) is 4.79 Å². The molecule has 0 fully saturated rings. The Hall–Kier alpha value is -2.35. The van der Waals surface area contributed by atoms with Crippen LogP contribution in [0.1, 0.15) is 19.4 Å². The smallest absolute Gasteiger partial charge is 0.338 e. The zero-order valence-electron chi connectivity index (χ0n) is 11.8. The van der Waals surface area contributed by atoms with Crippen molar-refractivity contribution in [1.82, 2.24) is 0 Å². The lowest BCUT2D eigenvalue weighted by molar-refractivity contribution is -0.130. The molecule has 0 bridgehead atoms. The summed E-state index contributed by atoms with van der Waals surface area (Å²) in [6.45, 7) is 7.36. The molecular weight excluding hydrogens is 248 g/mol. The number of esters is 1. The van der Waals surface area contributed by atoms with E-state index in [0.717, 1.165) is 17.5 Å². The minimum absolute atomic E-state index is 0.390. The minimum atomic E-state index is -0.400. The fourth-order valence-corrected chi connectivity index (χ4v) is 1.90. The van der Waals surface area contributed by atoms with Crippen LogP contribution in [0.15, 0.2) is 60.7 Å². The van der Waals surface area contributed by atoms with Crippen molar-refractivity contribution in [2.24, 2.45) is 0 Å². The second kappa shape index (κ2) is 6.20. The third-order valence-corrected chi connectivity index (χ3v) is 3.11. The van der Waals surface area contributed by atoms with Crippen LogP contribution in [0, 0.1) is 0 Å². The molecule has 2 heteroatoms. The highest BCUT2D eigenvalue weighted by atomic mass is 16.5. The Morgan fingerprint density at radius 2 is 1.75 bits per heavy atom. The summed E-state index contributed by atoms with van der Waals surface area (Å²) < 4.78 is 5.38. The van der Waals surface area contributed by atoms with Gasteiger partial charge in [0.15, 0.2) is 0 Å². The lowest BCUT2D eigenvalue weighted by Gasteiger charge is -2.10. The lowest BCUT2D eigenvalue weighted by Crippen LogP contribution is -2.08. The van der Waals surface area contributed by atoms with Crippen molar-refractivity contribution < 1.29 is 9.53 Å². The van der Waals surface area contributed by atoms with E-state index in [4.69, 9.17) is 4.74 Å². The molecule has 0 saturated heterocycles. The molecule has 0 aliphatic rings. The summed E-state index contributed by atoms with van der Waals surface area (Å²) in [5.74, 6) is 0.160. The molecule has 0 heterocycles. The number of para-hydroxylation sites is 1. The van der Waals surface area contributed by atoms with Gasteiger partial charge in [0.2, 0.25) is 0 Å². The molecule has 0 aliphatic carbocycles. The first-order valence-electron chi connectivity index (χ1n) is 6.68. The summed E-state index contributed by atoms with van der Waals surface area (Å²) in [6, 6.07) is 15.8. The van der Waals surface area contributed by atoms with E-state index in [2.05, 4.69) is 25.6 Å². The molecule has 0 saturated carbocycles. The maximum Gasteiger partial charge on any atom is 0.338 e. The number of hydrogen-bond acceptors (Lipinski definition) is 2. The van der Waals surface area contributed by atoms with Crippen molar-refractivity contribution in [2.75, 3.05) is 0 Å². The number of carbonyl (C=O) groups excluding carboxylic acids is 1. The summed E-state index contributed by atoms with van der Waals surface area (Å²) in [4.78, 5) is 11.7. The quantitative estimate of drug-likeness (QED) is 0.466. The van der Waals surface area contributed by atoms with Gasteiger partial charge in [0.1, 0.15) is 5.75 Å². The van der Waals surface area contributed by atoms with Crippen LogP contribution in [-0.2, 0) is 11.2 Å². The van der Waals surface area contributed by atoms with E-state index in [1.165, 1.54) is 5.56 Å². The molecule has 2 rings (SSSR count). The van der Waals surface area contributed by atoms with Gasteiger partial charge in [-0.05, 0) is 30.5 Å². The Labute approximate surface area is 119 Å². The van der Waals surface area contributed by atoms with Crippen LogP contribution >= 0.6 is 0 Å². The number of carbonyl (C=O) groups is 1. The summed E-state index contributed by atoms with van der Waals surface area (Å²) in [6.07, 6.45) is 1.01. The Kier molecular flexibility index (Phi) is 4.36. The zero-order valence-corrected chi connectivity index (χ0v) is 11.8. The van der Waals surface area contributed by atoms with Crippen molar-refractivity contribution >= 4 is 5.97 Å². The monoisotopic (exact) mass is 266 g/mol. The highest BCUT2D eigenvalue weighted by molar-refractivity contribution is 5.90. The van der Waals surface area contributed by atoms with E-state index in [-0.39, 0.29) is 0 Å². The van der Waals surface area contributed by atoms with Crippen LogP contribution in [0.3, 0.4) is 0 Å². The van der Waals surface area contributed by atoms with Gasteiger partial charge >= 0.3 is 5.97 Å². The van der Waals surface area contributed by atoms with Crippen LogP contribution in [-0.4, -0.2) is 5.97 Å². The molecule has 102 valence electrons. The molecule has 2 aromatic carbocycles. The molecule has 0 aliphatic heterocycles.